The van der Waals surface area contributed by atoms with Crippen LogP contribution in [0, 0.1) is 0 Å². The zero-order valence-corrected chi connectivity index (χ0v) is 17.4. The van der Waals surface area contributed by atoms with Gasteiger partial charge in [-0.3, -0.25) is 0 Å². The number of thiocarbonyl (C=S) groups is 1. The molecule has 2 aromatic heterocycles. The van der Waals surface area contributed by atoms with Gasteiger partial charge in [0, 0.05) is 21.3 Å². The van der Waals surface area contributed by atoms with E-state index in [2.05, 4.69) is 30.6 Å². The Morgan fingerprint density at radius 3 is 2.62 bits per heavy atom. The first-order valence-corrected chi connectivity index (χ1v) is 9.56. The Morgan fingerprint density at radius 1 is 1.10 bits per heavy atom. The van der Waals surface area contributed by atoms with Crippen LogP contribution in [-0.2, 0) is 0 Å². The van der Waals surface area contributed by atoms with Gasteiger partial charge in [-0.05, 0) is 48.6 Å². The molecule has 0 aliphatic heterocycles. The second-order valence-electron chi connectivity index (χ2n) is 5.99. The van der Waals surface area contributed by atoms with Crippen LogP contribution in [-0.4, -0.2) is 32.2 Å². The standard InChI is InChI=1S/C19H14Cl2N6OS/c1-28-16-3-2-10(17-25-15-8-22-9-23-18(15)27-17)4-14(16)26-19(29)24-13-6-11(20)5-12(21)7-13/h2-9H,1H3,(H2,24,26,29)(H,22,23,25,27). The minimum Gasteiger partial charge on any atom is -0.495 e. The summed E-state index contributed by atoms with van der Waals surface area (Å²) in [5.41, 5.74) is 3.52. The van der Waals surface area contributed by atoms with Crippen LogP contribution in [0.3, 0.4) is 0 Å². The summed E-state index contributed by atoms with van der Waals surface area (Å²) < 4.78 is 5.44. The van der Waals surface area contributed by atoms with E-state index in [4.69, 9.17) is 40.2 Å². The fourth-order valence-electron chi connectivity index (χ4n) is 2.76. The highest BCUT2D eigenvalue weighted by atomic mass is 35.5. The van der Waals surface area contributed by atoms with Gasteiger partial charge in [-0.2, -0.15) is 0 Å². The molecule has 0 saturated heterocycles. The van der Waals surface area contributed by atoms with Crippen LogP contribution in [0.15, 0.2) is 48.9 Å². The minimum atomic E-state index is 0.356. The number of ether oxygens (including phenoxy) is 1. The minimum absolute atomic E-state index is 0.356. The van der Waals surface area contributed by atoms with Crippen LogP contribution < -0.4 is 15.4 Å². The van der Waals surface area contributed by atoms with Crippen molar-refractivity contribution < 1.29 is 4.74 Å². The van der Waals surface area contributed by atoms with Gasteiger partial charge in [-0.25, -0.2) is 15.0 Å². The third kappa shape index (κ3) is 4.40. The SMILES string of the molecule is COc1ccc(-c2nc3cncnc3[nH]2)cc1NC(=S)Nc1cc(Cl)cc(Cl)c1. The van der Waals surface area contributed by atoms with Gasteiger partial charge in [-0.15, -0.1) is 0 Å². The Balaban J connectivity index is 1.60. The van der Waals surface area contributed by atoms with Crippen molar-refractivity contribution in [2.75, 3.05) is 17.7 Å². The number of nitrogens with one attached hydrogen (secondary N) is 3. The van der Waals surface area contributed by atoms with Crippen molar-refractivity contribution in [3.8, 4) is 17.1 Å². The predicted octanol–water partition coefficient (Wildman–Crippen LogP) is 5.14. The number of halogens is 2. The van der Waals surface area contributed by atoms with E-state index in [1.165, 1.54) is 6.33 Å². The molecule has 146 valence electrons. The van der Waals surface area contributed by atoms with Crippen LogP contribution in [0.4, 0.5) is 11.4 Å². The number of hydrogen-bond acceptors (Lipinski definition) is 5. The fourth-order valence-corrected chi connectivity index (χ4v) is 3.52. The van der Waals surface area contributed by atoms with E-state index in [-0.39, 0.29) is 0 Å². The van der Waals surface area contributed by atoms with Gasteiger partial charge in [0.1, 0.15) is 23.4 Å². The average molecular weight is 445 g/mol. The summed E-state index contributed by atoms with van der Waals surface area (Å²) >= 11 is 17.5. The highest BCUT2D eigenvalue weighted by Gasteiger charge is 2.11. The highest BCUT2D eigenvalue weighted by Crippen LogP contribution is 2.30. The van der Waals surface area contributed by atoms with Crippen LogP contribution in [0.1, 0.15) is 0 Å². The molecule has 0 saturated carbocycles. The van der Waals surface area contributed by atoms with Gasteiger partial charge in [0.15, 0.2) is 10.8 Å². The Bertz CT molecular complexity index is 1160. The molecule has 0 atom stereocenters. The third-order valence-corrected chi connectivity index (χ3v) is 4.64. The number of aromatic nitrogens is 4. The number of imidazole rings is 1. The summed E-state index contributed by atoms with van der Waals surface area (Å²) in [6.07, 6.45) is 3.12. The molecule has 2 aromatic carbocycles. The monoisotopic (exact) mass is 444 g/mol. The third-order valence-electron chi connectivity index (χ3n) is 4.00. The van der Waals surface area contributed by atoms with Crippen LogP contribution >= 0.6 is 35.4 Å². The largest absolute Gasteiger partial charge is 0.495 e. The van der Waals surface area contributed by atoms with Crippen molar-refractivity contribution in [2.45, 2.75) is 0 Å². The maximum Gasteiger partial charge on any atom is 0.175 e. The maximum atomic E-state index is 6.04. The van der Waals surface area contributed by atoms with Gasteiger partial charge < -0.3 is 20.4 Å². The number of fused-ring (bicyclic) bond motifs is 1. The van der Waals surface area contributed by atoms with Gasteiger partial charge in [0.05, 0.1) is 19.0 Å². The molecule has 0 spiro atoms. The smallest absolute Gasteiger partial charge is 0.175 e. The molecule has 0 bridgehead atoms. The lowest BCUT2D eigenvalue weighted by atomic mass is 10.1. The molecule has 0 aliphatic carbocycles. The van der Waals surface area contributed by atoms with E-state index in [0.717, 1.165) is 5.56 Å². The molecule has 3 N–H and O–H groups in total. The number of aromatic amines is 1. The second-order valence-corrected chi connectivity index (χ2v) is 7.28. The first-order valence-electron chi connectivity index (χ1n) is 8.40. The summed E-state index contributed by atoms with van der Waals surface area (Å²) in [6.45, 7) is 0. The summed E-state index contributed by atoms with van der Waals surface area (Å²) in [4.78, 5) is 15.8. The number of H-pyrrole nitrogens is 1. The predicted molar refractivity (Wildman–Crippen MR) is 120 cm³/mol. The zero-order chi connectivity index (χ0) is 20.4. The topological polar surface area (TPSA) is 87.8 Å². The summed E-state index contributed by atoms with van der Waals surface area (Å²) in [5.74, 6) is 1.28. The van der Waals surface area contributed by atoms with Gasteiger partial charge in [0.25, 0.3) is 0 Å². The number of benzene rings is 2. The number of anilines is 2. The molecule has 4 aromatic rings. The molecule has 29 heavy (non-hydrogen) atoms. The molecule has 2 heterocycles. The molecule has 10 heteroatoms. The lowest BCUT2D eigenvalue weighted by Crippen LogP contribution is -2.19. The van der Waals surface area contributed by atoms with E-state index in [1.807, 2.05) is 18.2 Å². The van der Waals surface area contributed by atoms with Crippen molar-refractivity contribution >= 4 is 63.1 Å². The van der Waals surface area contributed by atoms with Crippen LogP contribution in [0.2, 0.25) is 10.0 Å². The molecule has 0 fully saturated rings. The second kappa shape index (κ2) is 8.20. The normalized spacial score (nSPS) is 10.7. The Kier molecular flexibility index (Phi) is 5.48. The van der Waals surface area contributed by atoms with E-state index >= 15 is 0 Å². The summed E-state index contributed by atoms with van der Waals surface area (Å²) in [5, 5.41) is 7.57. The van der Waals surface area contributed by atoms with Crippen LogP contribution in [0.25, 0.3) is 22.6 Å². The van der Waals surface area contributed by atoms with Gasteiger partial charge in [-0.1, -0.05) is 23.2 Å². The summed E-state index contributed by atoms with van der Waals surface area (Å²) in [6, 6.07) is 10.7. The Labute approximate surface area is 181 Å². The van der Waals surface area contributed by atoms with Crippen molar-refractivity contribution in [3.05, 3.63) is 59.0 Å². The lowest BCUT2D eigenvalue weighted by molar-refractivity contribution is 0.417. The first-order chi connectivity index (χ1) is 14.0. The molecule has 0 aliphatic rings. The fraction of sp³-hybridized carbons (Fsp3) is 0.0526. The van der Waals surface area contributed by atoms with E-state index in [1.54, 1.807) is 31.5 Å². The number of methoxy groups -OCH3 is 1. The van der Waals surface area contributed by atoms with E-state index < -0.39 is 0 Å². The van der Waals surface area contributed by atoms with E-state index in [0.29, 0.717) is 49.3 Å². The van der Waals surface area contributed by atoms with E-state index in [9.17, 15) is 0 Å². The van der Waals surface area contributed by atoms with Gasteiger partial charge >= 0.3 is 0 Å². The molecule has 7 nitrogen and oxygen atoms in total. The summed E-state index contributed by atoms with van der Waals surface area (Å²) in [7, 11) is 1.59. The van der Waals surface area contributed by atoms with Crippen molar-refractivity contribution in [2.24, 2.45) is 0 Å². The lowest BCUT2D eigenvalue weighted by Gasteiger charge is -2.14. The quantitative estimate of drug-likeness (QED) is 0.375. The molecule has 0 amide bonds. The molecular formula is C19H14Cl2N6OS. The Morgan fingerprint density at radius 2 is 1.90 bits per heavy atom. The average Bonchev–Trinajstić information content (AvgIpc) is 3.11. The number of hydrogen-bond donors (Lipinski definition) is 3. The van der Waals surface area contributed by atoms with Crippen LogP contribution in [0.5, 0.6) is 5.75 Å². The molecule has 0 radical (unpaired) electrons. The molecule has 4 rings (SSSR count). The number of rotatable bonds is 4. The molecular weight excluding hydrogens is 431 g/mol. The van der Waals surface area contributed by atoms with Crippen molar-refractivity contribution in [1.82, 2.24) is 19.9 Å². The molecule has 0 unspecified atom stereocenters. The maximum absolute atomic E-state index is 6.04. The Hall–Kier alpha value is -2.94. The first kappa shape index (κ1) is 19.4. The number of nitrogens with zero attached hydrogens (tertiary/aromatic N) is 3. The zero-order valence-electron chi connectivity index (χ0n) is 15.0. The van der Waals surface area contributed by atoms with Crippen molar-refractivity contribution in [1.29, 1.82) is 0 Å². The van der Waals surface area contributed by atoms with Crippen molar-refractivity contribution in [3.63, 3.8) is 0 Å². The van der Waals surface area contributed by atoms with Gasteiger partial charge in [0.2, 0.25) is 0 Å². The highest BCUT2D eigenvalue weighted by molar-refractivity contribution is 7.80.